The topological polar surface area (TPSA) is 12.0 Å². The van der Waals surface area contributed by atoms with E-state index >= 15 is 0 Å². The second-order valence-corrected chi connectivity index (χ2v) is 7.02. The minimum Gasteiger partial charge on any atom is -0.310 e. The Kier molecular flexibility index (Phi) is 5.55. The molecule has 0 saturated heterocycles. The third kappa shape index (κ3) is 4.41. The molecule has 1 heterocycles. The van der Waals surface area contributed by atoms with E-state index in [9.17, 15) is 4.39 Å². The van der Waals surface area contributed by atoms with Gasteiger partial charge in [-0.1, -0.05) is 19.1 Å². The molecule has 0 radical (unpaired) electrons. The molecule has 2 aromatic rings. The third-order valence-corrected chi connectivity index (χ3v) is 4.57. The smallest absolute Gasteiger partial charge is 0.123 e. The average Bonchev–Trinajstić information content (AvgIpc) is 2.80. The zero-order valence-electron chi connectivity index (χ0n) is 10.8. The number of benzene rings is 1. The predicted molar refractivity (Wildman–Crippen MR) is 83.2 cm³/mol. The Hall–Kier alpha value is -0.710. The molecular formula is C15H17BrFNS. The van der Waals surface area contributed by atoms with Crippen LogP contribution in [0.4, 0.5) is 4.39 Å². The Bertz CT molecular complexity index is 526. The van der Waals surface area contributed by atoms with Crippen molar-refractivity contribution >= 4 is 27.3 Å². The SMILES string of the molecule is CCCNC(Cc1ccc(Br)s1)c1cccc(F)c1. The van der Waals surface area contributed by atoms with Gasteiger partial charge in [-0.2, -0.15) is 0 Å². The molecule has 0 aliphatic rings. The summed E-state index contributed by atoms with van der Waals surface area (Å²) in [6.07, 6.45) is 1.96. The highest BCUT2D eigenvalue weighted by Crippen LogP contribution is 2.27. The zero-order chi connectivity index (χ0) is 13.7. The second-order valence-electron chi connectivity index (χ2n) is 4.47. The number of rotatable bonds is 6. The van der Waals surface area contributed by atoms with Crippen LogP contribution in [0.25, 0.3) is 0 Å². The molecule has 0 fully saturated rings. The monoisotopic (exact) mass is 341 g/mol. The molecule has 0 saturated carbocycles. The lowest BCUT2D eigenvalue weighted by molar-refractivity contribution is 0.527. The third-order valence-electron chi connectivity index (χ3n) is 2.93. The molecule has 1 N–H and O–H groups in total. The Morgan fingerprint density at radius 1 is 1.32 bits per heavy atom. The van der Waals surface area contributed by atoms with Crippen LogP contribution in [0.3, 0.4) is 0 Å². The molecular weight excluding hydrogens is 325 g/mol. The molecule has 0 amide bonds. The van der Waals surface area contributed by atoms with Crippen LogP contribution in [-0.4, -0.2) is 6.54 Å². The lowest BCUT2D eigenvalue weighted by Gasteiger charge is -2.18. The summed E-state index contributed by atoms with van der Waals surface area (Å²) in [5.41, 5.74) is 1.01. The number of nitrogens with one attached hydrogen (secondary N) is 1. The van der Waals surface area contributed by atoms with Gasteiger partial charge in [0.1, 0.15) is 5.82 Å². The summed E-state index contributed by atoms with van der Waals surface area (Å²) >= 11 is 5.21. The van der Waals surface area contributed by atoms with E-state index in [1.165, 1.54) is 10.9 Å². The van der Waals surface area contributed by atoms with Crippen molar-refractivity contribution in [3.8, 4) is 0 Å². The van der Waals surface area contributed by atoms with Crippen LogP contribution < -0.4 is 5.32 Å². The Morgan fingerprint density at radius 3 is 2.79 bits per heavy atom. The number of halogens is 2. The highest BCUT2D eigenvalue weighted by atomic mass is 79.9. The van der Waals surface area contributed by atoms with Gasteiger partial charge >= 0.3 is 0 Å². The molecule has 1 aromatic carbocycles. The number of hydrogen-bond acceptors (Lipinski definition) is 2. The summed E-state index contributed by atoms with van der Waals surface area (Å²) in [5.74, 6) is -0.173. The summed E-state index contributed by atoms with van der Waals surface area (Å²) in [5, 5.41) is 3.50. The van der Waals surface area contributed by atoms with E-state index in [1.807, 2.05) is 6.07 Å². The molecule has 0 spiro atoms. The van der Waals surface area contributed by atoms with Gasteiger partial charge in [0.15, 0.2) is 0 Å². The molecule has 1 aromatic heterocycles. The fourth-order valence-electron chi connectivity index (χ4n) is 2.01. The number of thiophene rings is 1. The summed E-state index contributed by atoms with van der Waals surface area (Å²) in [7, 11) is 0. The van der Waals surface area contributed by atoms with Gasteiger partial charge in [-0.25, -0.2) is 4.39 Å². The van der Waals surface area contributed by atoms with Crippen LogP contribution in [0, 0.1) is 5.82 Å². The van der Waals surface area contributed by atoms with E-state index in [1.54, 1.807) is 23.5 Å². The van der Waals surface area contributed by atoms with Crippen molar-refractivity contribution in [3.05, 3.63) is 56.4 Å². The van der Waals surface area contributed by atoms with Gasteiger partial charge in [-0.15, -0.1) is 11.3 Å². The van der Waals surface area contributed by atoms with Crippen LogP contribution in [-0.2, 0) is 6.42 Å². The van der Waals surface area contributed by atoms with E-state index in [4.69, 9.17) is 0 Å². The van der Waals surface area contributed by atoms with Crippen molar-refractivity contribution in [2.24, 2.45) is 0 Å². The molecule has 0 bridgehead atoms. The lowest BCUT2D eigenvalue weighted by atomic mass is 10.0. The predicted octanol–water partition coefficient (Wildman–Crippen LogP) is 4.93. The van der Waals surface area contributed by atoms with Crippen LogP contribution in [0.5, 0.6) is 0 Å². The highest BCUT2D eigenvalue weighted by Gasteiger charge is 2.13. The van der Waals surface area contributed by atoms with Gasteiger partial charge in [-0.3, -0.25) is 0 Å². The molecule has 19 heavy (non-hydrogen) atoms. The summed E-state index contributed by atoms with van der Waals surface area (Å²) in [6.45, 7) is 3.07. The van der Waals surface area contributed by atoms with Gasteiger partial charge in [0.2, 0.25) is 0 Å². The maximum atomic E-state index is 13.4. The van der Waals surface area contributed by atoms with E-state index < -0.39 is 0 Å². The second kappa shape index (κ2) is 7.17. The van der Waals surface area contributed by atoms with Crippen LogP contribution in [0.1, 0.15) is 29.8 Å². The standard InChI is InChI=1S/C15H17BrFNS/c1-2-8-18-14(10-13-6-7-15(16)19-13)11-4-3-5-12(17)9-11/h3-7,9,14,18H,2,8,10H2,1H3. The molecule has 1 atom stereocenters. The van der Waals surface area contributed by atoms with Crippen molar-refractivity contribution in [2.75, 3.05) is 6.54 Å². The maximum Gasteiger partial charge on any atom is 0.123 e. The van der Waals surface area contributed by atoms with Crippen LogP contribution in [0.15, 0.2) is 40.2 Å². The minimum absolute atomic E-state index is 0.168. The first kappa shape index (κ1) is 14.7. The Morgan fingerprint density at radius 2 is 2.16 bits per heavy atom. The summed E-state index contributed by atoms with van der Waals surface area (Å²) in [4.78, 5) is 1.30. The van der Waals surface area contributed by atoms with Crippen molar-refractivity contribution in [3.63, 3.8) is 0 Å². The average molecular weight is 342 g/mol. The molecule has 1 nitrogen and oxygen atoms in total. The van der Waals surface area contributed by atoms with Gasteiger partial charge in [0, 0.05) is 17.3 Å². The molecule has 4 heteroatoms. The summed E-state index contributed by atoms with van der Waals surface area (Å²) in [6, 6.07) is 11.2. The fourth-order valence-corrected chi connectivity index (χ4v) is 3.54. The van der Waals surface area contributed by atoms with Crippen LogP contribution >= 0.6 is 27.3 Å². The van der Waals surface area contributed by atoms with Crippen molar-refractivity contribution in [2.45, 2.75) is 25.8 Å². The first-order chi connectivity index (χ1) is 9.19. The quantitative estimate of drug-likeness (QED) is 0.785. The van der Waals surface area contributed by atoms with E-state index in [0.29, 0.717) is 0 Å². The highest BCUT2D eigenvalue weighted by molar-refractivity contribution is 9.11. The molecule has 0 aliphatic heterocycles. The molecule has 2 rings (SSSR count). The number of hydrogen-bond donors (Lipinski definition) is 1. The molecule has 0 aliphatic carbocycles. The fraction of sp³-hybridized carbons (Fsp3) is 0.333. The van der Waals surface area contributed by atoms with Crippen LogP contribution in [0.2, 0.25) is 0 Å². The van der Waals surface area contributed by atoms with Gasteiger partial charge in [0.05, 0.1) is 3.79 Å². The van der Waals surface area contributed by atoms with Crippen molar-refractivity contribution in [1.29, 1.82) is 0 Å². The Balaban J connectivity index is 2.15. The largest absolute Gasteiger partial charge is 0.310 e. The van der Waals surface area contributed by atoms with E-state index in [0.717, 1.165) is 28.7 Å². The zero-order valence-corrected chi connectivity index (χ0v) is 13.2. The molecule has 1 unspecified atom stereocenters. The first-order valence-electron chi connectivity index (χ1n) is 6.42. The van der Waals surface area contributed by atoms with E-state index in [2.05, 4.69) is 40.3 Å². The van der Waals surface area contributed by atoms with Gasteiger partial charge in [-0.05, 0) is 58.7 Å². The van der Waals surface area contributed by atoms with Gasteiger partial charge < -0.3 is 5.32 Å². The van der Waals surface area contributed by atoms with Crippen molar-refractivity contribution < 1.29 is 4.39 Å². The lowest BCUT2D eigenvalue weighted by Crippen LogP contribution is -2.23. The minimum atomic E-state index is -0.173. The van der Waals surface area contributed by atoms with E-state index in [-0.39, 0.29) is 11.9 Å². The first-order valence-corrected chi connectivity index (χ1v) is 8.03. The van der Waals surface area contributed by atoms with Gasteiger partial charge in [0.25, 0.3) is 0 Å². The maximum absolute atomic E-state index is 13.4. The van der Waals surface area contributed by atoms with Crippen molar-refractivity contribution in [1.82, 2.24) is 5.32 Å². The Labute approximate surface area is 126 Å². The molecule has 102 valence electrons. The summed E-state index contributed by atoms with van der Waals surface area (Å²) < 4.78 is 14.5. The normalized spacial score (nSPS) is 12.6.